The highest BCUT2D eigenvalue weighted by Crippen LogP contribution is 2.36. The summed E-state index contributed by atoms with van der Waals surface area (Å²) < 4.78 is 0. The van der Waals surface area contributed by atoms with Gasteiger partial charge < -0.3 is 21.7 Å². The van der Waals surface area contributed by atoms with Crippen LogP contribution < -0.4 is 16.8 Å². The number of hydrogen-bond acceptors (Lipinski definition) is 5. The smallest absolute Gasteiger partial charge is 0.267 e. The number of aromatic nitrogens is 1. The van der Waals surface area contributed by atoms with E-state index in [1.807, 2.05) is 0 Å². The second-order valence-corrected chi connectivity index (χ2v) is 5.32. The van der Waals surface area contributed by atoms with Crippen molar-refractivity contribution in [3.8, 4) is 0 Å². The van der Waals surface area contributed by atoms with Gasteiger partial charge in [0.15, 0.2) is 0 Å². The maximum absolute atomic E-state index is 11.1. The van der Waals surface area contributed by atoms with Gasteiger partial charge in [0, 0.05) is 12.1 Å². The van der Waals surface area contributed by atoms with Crippen LogP contribution in [0.4, 0.5) is 11.5 Å². The van der Waals surface area contributed by atoms with Crippen molar-refractivity contribution in [1.29, 1.82) is 0 Å². The predicted molar refractivity (Wildman–Crippen MR) is 75.9 cm³/mol. The Morgan fingerprint density at radius 1 is 1.47 bits per heavy atom. The molecule has 0 aromatic carbocycles. The number of pyridine rings is 1. The minimum Gasteiger partial charge on any atom is -0.396 e. The van der Waals surface area contributed by atoms with Gasteiger partial charge in [-0.3, -0.25) is 4.79 Å². The molecular formula is C13H21N5O. The molecule has 2 rings (SSSR count). The molecule has 0 unspecified atom stereocenters. The van der Waals surface area contributed by atoms with Crippen molar-refractivity contribution in [2.45, 2.75) is 24.8 Å². The molecule has 1 aromatic heterocycles. The third-order valence-corrected chi connectivity index (χ3v) is 4.00. The first-order chi connectivity index (χ1) is 8.94. The van der Waals surface area contributed by atoms with Crippen molar-refractivity contribution in [1.82, 2.24) is 9.88 Å². The molecule has 1 aromatic rings. The summed E-state index contributed by atoms with van der Waals surface area (Å²) in [6.45, 7) is 0.763. The monoisotopic (exact) mass is 263 g/mol. The molecule has 1 amide bonds. The second kappa shape index (κ2) is 5.05. The van der Waals surface area contributed by atoms with Crippen molar-refractivity contribution in [3.63, 3.8) is 0 Å². The summed E-state index contributed by atoms with van der Waals surface area (Å²) in [5.74, 6) is -0.0153. The van der Waals surface area contributed by atoms with E-state index in [4.69, 9.17) is 11.5 Å². The van der Waals surface area contributed by atoms with Crippen LogP contribution in [0.3, 0.4) is 0 Å². The molecular weight excluding hydrogens is 242 g/mol. The van der Waals surface area contributed by atoms with Gasteiger partial charge in [-0.2, -0.15) is 0 Å². The number of carbonyl (C=O) groups excluding carboxylic acids is 1. The van der Waals surface area contributed by atoms with Crippen molar-refractivity contribution in [2.75, 3.05) is 31.7 Å². The lowest BCUT2D eigenvalue weighted by Crippen LogP contribution is -2.54. The maximum atomic E-state index is 11.1. The first-order valence-electron chi connectivity index (χ1n) is 6.42. The molecule has 0 radical (unpaired) electrons. The highest BCUT2D eigenvalue weighted by atomic mass is 16.1. The van der Waals surface area contributed by atoms with Gasteiger partial charge in [-0.05, 0) is 45.5 Å². The van der Waals surface area contributed by atoms with E-state index in [-0.39, 0.29) is 11.2 Å². The first-order valence-corrected chi connectivity index (χ1v) is 6.42. The van der Waals surface area contributed by atoms with Crippen LogP contribution in [0.15, 0.2) is 12.1 Å². The largest absolute Gasteiger partial charge is 0.396 e. The number of amides is 1. The van der Waals surface area contributed by atoms with Crippen LogP contribution in [0.5, 0.6) is 0 Å². The summed E-state index contributed by atoms with van der Waals surface area (Å²) >= 11 is 0. The van der Waals surface area contributed by atoms with Gasteiger partial charge in [-0.1, -0.05) is 0 Å². The minimum atomic E-state index is -0.547. The number of hydrogen-bond donors (Lipinski definition) is 3. The fourth-order valence-electron chi connectivity index (χ4n) is 2.36. The normalized spacial score (nSPS) is 17.0. The molecule has 1 aliphatic carbocycles. The van der Waals surface area contributed by atoms with Gasteiger partial charge >= 0.3 is 0 Å². The molecule has 19 heavy (non-hydrogen) atoms. The molecule has 0 bridgehead atoms. The lowest BCUT2D eigenvalue weighted by Gasteiger charge is -2.47. The molecule has 6 nitrogen and oxygen atoms in total. The minimum absolute atomic E-state index is 0.164. The lowest BCUT2D eigenvalue weighted by atomic mass is 9.75. The molecule has 6 heteroatoms. The topological polar surface area (TPSA) is 97.3 Å². The number of anilines is 2. The Kier molecular flexibility index (Phi) is 3.61. The van der Waals surface area contributed by atoms with E-state index in [0.29, 0.717) is 11.5 Å². The molecule has 0 atom stereocenters. The average Bonchev–Trinajstić information content (AvgIpc) is 2.29. The molecule has 1 fully saturated rings. The zero-order chi connectivity index (χ0) is 14.0. The van der Waals surface area contributed by atoms with E-state index in [2.05, 4.69) is 29.3 Å². The van der Waals surface area contributed by atoms with Gasteiger partial charge in [0.25, 0.3) is 5.91 Å². The summed E-state index contributed by atoms with van der Waals surface area (Å²) in [6, 6.07) is 3.19. The van der Waals surface area contributed by atoms with Crippen LogP contribution >= 0.6 is 0 Å². The van der Waals surface area contributed by atoms with Crippen LogP contribution in [0.25, 0.3) is 0 Å². The van der Waals surface area contributed by atoms with Gasteiger partial charge in [0.2, 0.25) is 0 Å². The van der Waals surface area contributed by atoms with E-state index in [0.717, 1.165) is 19.4 Å². The van der Waals surface area contributed by atoms with E-state index in [9.17, 15) is 4.79 Å². The number of nitrogen functional groups attached to an aromatic ring is 1. The number of nitrogens with zero attached hydrogens (tertiary/aromatic N) is 2. The summed E-state index contributed by atoms with van der Waals surface area (Å²) in [5, 5.41) is 3.25. The molecule has 5 N–H and O–H groups in total. The Morgan fingerprint density at radius 3 is 2.63 bits per heavy atom. The van der Waals surface area contributed by atoms with Gasteiger partial charge in [0.05, 0.1) is 5.69 Å². The molecule has 0 aliphatic heterocycles. The molecule has 1 heterocycles. The number of nitrogens with two attached hydrogens (primary N) is 2. The van der Waals surface area contributed by atoms with Gasteiger partial charge in [-0.25, -0.2) is 4.98 Å². The second-order valence-electron chi connectivity index (χ2n) is 5.32. The third-order valence-electron chi connectivity index (χ3n) is 4.00. The molecule has 0 saturated heterocycles. The Hall–Kier alpha value is -1.82. The fourth-order valence-corrected chi connectivity index (χ4v) is 2.36. The zero-order valence-electron chi connectivity index (χ0n) is 11.4. The van der Waals surface area contributed by atoms with Crippen molar-refractivity contribution in [3.05, 3.63) is 17.8 Å². The van der Waals surface area contributed by atoms with Crippen LogP contribution in [0.1, 0.15) is 29.8 Å². The van der Waals surface area contributed by atoms with Crippen LogP contribution in [0, 0.1) is 0 Å². The Balaban J connectivity index is 2.10. The number of rotatable bonds is 5. The van der Waals surface area contributed by atoms with Crippen LogP contribution in [0.2, 0.25) is 0 Å². The number of likely N-dealkylation sites (N-methyl/N-ethyl adjacent to an activating group) is 1. The van der Waals surface area contributed by atoms with E-state index in [1.54, 1.807) is 6.07 Å². The van der Waals surface area contributed by atoms with Gasteiger partial charge in [-0.15, -0.1) is 0 Å². The quantitative estimate of drug-likeness (QED) is 0.725. The lowest BCUT2D eigenvalue weighted by molar-refractivity contribution is 0.0738. The number of primary amides is 1. The van der Waals surface area contributed by atoms with E-state index >= 15 is 0 Å². The molecule has 1 aliphatic rings. The summed E-state index contributed by atoms with van der Waals surface area (Å²) in [7, 11) is 4.16. The Morgan fingerprint density at radius 2 is 2.16 bits per heavy atom. The first kappa shape index (κ1) is 13.6. The summed E-state index contributed by atoms with van der Waals surface area (Å²) in [4.78, 5) is 17.5. The van der Waals surface area contributed by atoms with Crippen molar-refractivity contribution in [2.24, 2.45) is 5.73 Å². The van der Waals surface area contributed by atoms with Gasteiger partial charge in [0.1, 0.15) is 11.5 Å². The zero-order valence-corrected chi connectivity index (χ0v) is 11.4. The Bertz CT molecular complexity index is 482. The van der Waals surface area contributed by atoms with E-state index < -0.39 is 5.91 Å². The fraction of sp³-hybridized carbons (Fsp3) is 0.538. The third kappa shape index (κ3) is 2.63. The standard InChI is InChI=1S/C13H21N5O/c1-18(2)13(6-3-7-13)8-16-12-9(14)4-5-10(17-12)11(15)19/h4-5H,3,6-8,14H2,1-2H3,(H2,15,19)(H,16,17). The van der Waals surface area contributed by atoms with Crippen LogP contribution in [-0.4, -0.2) is 42.0 Å². The highest BCUT2D eigenvalue weighted by molar-refractivity contribution is 5.91. The predicted octanol–water partition coefficient (Wildman–Crippen LogP) is 0.659. The Labute approximate surface area is 113 Å². The molecule has 104 valence electrons. The van der Waals surface area contributed by atoms with E-state index in [1.165, 1.54) is 12.5 Å². The van der Waals surface area contributed by atoms with Crippen LogP contribution in [-0.2, 0) is 0 Å². The molecule has 1 saturated carbocycles. The maximum Gasteiger partial charge on any atom is 0.267 e. The summed E-state index contributed by atoms with van der Waals surface area (Å²) in [5.41, 5.74) is 12.0. The molecule has 0 spiro atoms. The van der Waals surface area contributed by atoms with Crippen molar-refractivity contribution < 1.29 is 4.79 Å². The average molecular weight is 263 g/mol. The number of nitrogens with one attached hydrogen (secondary N) is 1. The highest BCUT2D eigenvalue weighted by Gasteiger charge is 2.38. The number of carbonyl (C=O) groups is 1. The van der Waals surface area contributed by atoms with Crippen molar-refractivity contribution >= 4 is 17.4 Å². The SMILES string of the molecule is CN(C)C1(CNc2nc(C(N)=O)ccc2N)CCC1. The summed E-state index contributed by atoms with van der Waals surface area (Å²) in [6.07, 6.45) is 3.55.